The first-order chi connectivity index (χ1) is 19.7. The number of piperidine rings is 1. The molecular weight excluding hydrogens is 530 g/mol. The van der Waals surface area contributed by atoms with Crippen molar-refractivity contribution in [3.8, 4) is 6.07 Å². The molecule has 10 nitrogen and oxygen atoms in total. The summed E-state index contributed by atoms with van der Waals surface area (Å²) in [5, 5.41) is 16.9. The molecule has 1 aliphatic heterocycles. The van der Waals surface area contributed by atoms with Crippen molar-refractivity contribution in [2.45, 2.75) is 73.0 Å². The molecule has 3 N–H and O–H groups in total. The summed E-state index contributed by atoms with van der Waals surface area (Å²) in [4.78, 5) is 54.0. The van der Waals surface area contributed by atoms with E-state index in [-0.39, 0.29) is 41.0 Å². The van der Waals surface area contributed by atoms with Crippen LogP contribution in [0, 0.1) is 47.8 Å². The molecule has 10 heteroatoms. The standard InChI is InChI=1S/C32H39N7O3/c1-17-8-9-23-19(12-17)13-20(27(40)37-23)14-21(15-33)36-28(41)25-24-22(32(24,6)7)16-39(25)29(42)26(31(3,4)5)38-30-34-11-10-18(2)35-30/h8-13,21-22,24-26H,14,16H2,1-7H3,(H,36,41)(H,37,40)(H,34,35,38)/t21?,22-,24+,25-,26+/m0/s1. The van der Waals surface area contributed by atoms with E-state index in [2.05, 4.69) is 45.5 Å². The second-order valence-electron chi connectivity index (χ2n) is 13.5. The Labute approximate surface area is 245 Å². The number of hydrogen-bond acceptors (Lipinski definition) is 7. The number of aryl methyl sites for hydroxylation is 2. The Balaban J connectivity index is 1.38. The first-order valence-corrected chi connectivity index (χ1v) is 14.4. The molecule has 2 aromatic heterocycles. The fourth-order valence-corrected chi connectivity index (χ4v) is 6.40. The largest absolute Gasteiger partial charge is 0.342 e. The highest BCUT2D eigenvalue weighted by Gasteiger charge is 2.69. The molecule has 1 aromatic carbocycles. The quantitative estimate of drug-likeness (QED) is 0.395. The molecule has 2 fully saturated rings. The van der Waals surface area contributed by atoms with Crippen LogP contribution in [-0.2, 0) is 16.0 Å². The maximum atomic E-state index is 14.1. The van der Waals surface area contributed by atoms with Crippen molar-refractivity contribution >= 4 is 28.7 Å². The number of aromatic nitrogens is 3. The van der Waals surface area contributed by atoms with Gasteiger partial charge in [-0.2, -0.15) is 5.26 Å². The van der Waals surface area contributed by atoms with E-state index in [9.17, 15) is 19.6 Å². The Morgan fingerprint density at radius 1 is 1.21 bits per heavy atom. The van der Waals surface area contributed by atoms with Crippen molar-refractivity contribution in [1.29, 1.82) is 5.26 Å². The Hall–Kier alpha value is -4.26. The molecule has 0 spiro atoms. The summed E-state index contributed by atoms with van der Waals surface area (Å²) in [5.74, 6) is -0.0655. The van der Waals surface area contributed by atoms with Gasteiger partial charge in [0.25, 0.3) is 5.56 Å². The summed E-state index contributed by atoms with van der Waals surface area (Å²) < 4.78 is 0. The number of hydrogen-bond donors (Lipinski definition) is 3. The van der Waals surface area contributed by atoms with E-state index < -0.39 is 23.5 Å². The van der Waals surface area contributed by atoms with Gasteiger partial charge in [0.1, 0.15) is 18.1 Å². The van der Waals surface area contributed by atoms with E-state index in [1.54, 1.807) is 23.2 Å². The van der Waals surface area contributed by atoms with Gasteiger partial charge in [-0.15, -0.1) is 0 Å². The van der Waals surface area contributed by atoms with Gasteiger partial charge in [-0.05, 0) is 66.2 Å². The highest BCUT2D eigenvalue weighted by Crippen LogP contribution is 2.65. The van der Waals surface area contributed by atoms with Gasteiger partial charge in [0.2, 0.25) is 17.8 Å². The average Bonchev–Trinajstić information content (AvgIpc) is 3.23. The molecule has 5 rings (SSSR count). The molecule has 220 valence electrons. The van der Waals surface area contributed by atoms with Gasteiger partial charge in [-0.3, -0.25) is 14.4 Å². The van der Waals surface area contributed by atoms with Crippen LogP contribution in [0.3, 0.4) is 0 Å². The SMILES string of the molecule is Cc1ccc2[nH]c(=O)c(CC(C#N)NC(=O)[C@@H]3[C@H]4[C@H](CN3C(=O)[C@@H](Nc3nccc(C)n3)C(C)(C)C)C4(C)C)cc2c1. The highest BCUT2D eigenvalue weighted by molar-refractivity contribution is 5.93. The summed E-state index contributed by atoms with van der Waals surface area (Å²) in [5.41, 5.74) is 2.06. The molecule has 1 saturated carbocycles. The Kier molecular flexibility index (Phi) is 7.34. The lowest BCUT2D eigenvalue weighted by Crippen LogP contribution is -2.57. The van der Waals surface area contributed by atoms with Crippen LogP contribution in [0.5, 0.6) is 0 Å². The molecule has 5 atom stereocenters. The second kappa shape index (κ2) is 10.5. The number of carbonyl (C=O) groups is 2. The average molecular weight is 570 g/mol. The van der Waals surface area contributed by atoms with E-state index in [1.807, 2.05) is 52.8 Å². The number of anilines is 1. The van der Waals surface area contributed by atoms with Crippen LogP contribution in [0.15, 0.2) is 41.3 Å². The van der Waals surface area contributed by atoms with E-state index in [0.717, 1.165) is 16.6 Å². The topological polar surface area (TPSA) is 144 Å². The van der Waals surface area contributed by atoms with Crippen molar-refractivity contribution in [2.75, 3.05) is 11.9 Å². The van der Waals surface area contributed by atoms with Gasteiger partial charge in [0.15, 0.2) is 0 Å². The molecule has 1 unspecified atom stereocenters. The second-order valence-corrected chi connectivity index (χ2v) is 13.5. The number of pyridine rings is 1. The van der Waals surface area contributed by atoms with Gasteiger partial charge in [-0.1, -0.05) is 46.2 Å². The van der Waals surface area contributed by atoms with E-state index in [4.69, 9.17) is 0 Å². The highest BCUT2D eigenvalue weighted by atomic mass is 16.2. The van der Waals surface area contributed by atoms with Crippen LogP contribution in [0.2, 0.25) is 0 Å². The van der Waals surface area contributed by atoms with Crippen LogP contribution >= 0.6 is 0 Å². The minimum atomic E-state index is -0.934. The van der Waals surface area contributed by atoms with Crippen molar-refractivity contribution in [3.63, 3.8) is 0 Å². The number of likely N-dealkylation sites (tertiary alicyclic amines) is 1. The lowest BCUT2D eigenvalue weighted by molar-refractivity contribution is -0.142. The Morgan fingerprint density at radius 2 is 1.95 bits per heavy atom. The molecular formula is C32H39N7O3. The van der Waals surface area contributed by atoms with Crippen molar-refractivity contribution in [2.24, 2.45) is 22.7 Å². The third kappa shape index (κ3) is 5.48. The number of fused-ring (bicyclic) bond motifs is 2. The fraction of sp³-hybridized carbons (Fsp3) is 0.500. The molecule has 2 amide bonds. The first kappa shape index (κ1) is 29.2. The number of aromatic amines is 1. The van der Waals surface area contributed by atoms with E-state index in [0.29, 0.717) is 23.6 Å². The van der Waals surface area contributed by atoms with Crippen LogP contribution in [0.1, 0.15) is 51.4 Å². The van der Waals surface area contributed by atoms with Crippen molar-refractivity contribution in [1.82, 2.24) is 25.2 Å². The summed E-state index contributed by atoms with van der Waals surface area (Å²) in [6, 6.07) is 9.11. The lowest BCUT2D eigenvalue weighted by atomic mass is 9.85. The van der Waals surface area contributed by atoms with E-state index >= 15 is 0 Å². The van der Waals surface area contributed by atoms with Crippen LogP contribution in [0.25, 0.3) is 10.9 Å². The number of benzene rings is 1. The van der Waals surface area contributed by atoms with Crippen molar-refractivity contribution in [3.05, 3.63) is 63.7 Å². The van der Waals surface area contributed by atoms with Gasteiger partial charge in [0.05, 0.1) is 6.07 Å². The van der Waals surface area contributed by atoms with Crippen LogP contribution < -0.4 is 16.2 Å². The number of nitriles is 1. The zero-order chi connectivity index (χ0) is 30.6. The molecule has 42 heavy (non-hydrogen) atoms. The van der Waals surface area contributed by atoms with Gasteiger partial charge in [-0.25, -0.2) is 9.97 Å². The number of amides is 2. The predicted octanol–water partition coefficient (Wildman–Crippen LogP) is 3.50. The number of rotatable bonds is 7. The third-order valence-corrected chi connectivity index (χ3v) is 8.91. The van der Waals surface area contributed by atoms with E-state index in [1.165, 1.54) is 0 Å². The minimum Gasteiger partial charge on any atom is -0.342 e. The Morgan fingerprint density at radius 3 is 2.62 bits per heavy atom. The Bertz CT molecular complexity index is 1650. The van der Waals surface area contributed by atoms with Crippen molar-refractivity contribution < 1.29 is 9.59 Å². The molecule has 0 bridgehead atoms. The maximum Gasteiger partial charge on any atom is 0.251 e. The number of H-pyrrole nitrogens is 1. The summed E-state index contributed by atoms with van der Waals surface area (Å²) in [6.45, 7) is 14.4. The molecule has 3 heterocycles. The zero-order valence-corrected chi connectivity index (χ0v) is 25.3. The maximum absolute atomic E-state index is 14.1. The van der Waals surface area contributed by atoms with Gasteiger partial charge in [0, 0.05) is 35.9 Å². The van der Waals surface area contributed by atoms with Gasteiger partial charge >= 0.3 is 0 Å². The van der Waals surface area contributed by atoms with Crippen LogP contribution in [0.4, 0.5) is 5.95 Å². The summed E-state index contributed by atoms with van der Waals surface area (Å²) >= 11 is 0. The number of carbonyl (C=O) groups excluding carboxylic acids is 2. The summed E-state index contributed by atoms with van der Waals surface area (Å²) in [7, 11) is 0. The predicted molar refractivity (Wildman–Crippen MR) is 160 cm³/mol. The number of nitrogens with one attached hydrogen (secondary N) is 3. The zero-order valence-electron chi connectivity index (χ0n) is 25.3. The summed E-state index contributed by atoms with van der Waals surface area (Å²) in [6.07, 6.45) is 1.69. The molecule has 1 saturated heterocycles. The third-order valence-electron chi connectivity index (χ3n) is 8.91. The molecule has 3 aromatic rings. The lowest BCUT2D eigenvalue weighted by Gasteiger charge is -2.37. The van der Waals surface area contributed by atoms with Gasteiger partial charge < -0.3 is 20.5 Å². The molecule has 2 aliphatic rings. The van der Waals surface area contributed by atoms with Crippen LogP contribution in [-0.4, -0.2) is 56.3 Å². The first-order valence-electron chi connectivity index (χ1n) is 14.4. The molecule has 1 aliphatic carbocycles. The fourth-order valence-electron chi connectivity index (χ4n) is 6.40. The minimum absolute atomic E-state index is 0.0244. The molecule has 0 radical (unpaired) electrons. The normalized spacial score (nSPS) is 22.1. The monoisotopic (exact) mass is 569 g/mol. The smallest absolute Gasteiger partial charge is 0.251 e. The number of nitrogens with zero attached hydrogens (tertiary/aromatic N) is 4.